The summed E-state index contributed by atoms with van der Waals surface area (Å²) >= 11 is 6.93. The maximum Gasteiger partial charge on any atom is 0.303 e. The molecule has 2 N–H and O–H groups in total. The molecule has 0 aliphatic heterocycles. The number of thiocarbonyl (C=S) groups is 1. The van der Waals surface area contributed by atoms with Gasteiger partial charge in [-0.05, 0) is 43.0 Å². The van der Waals surface area contributed by atoms with Gasteiger partial charge in [0, 0.05) is 11.7 Å². The highest BCUT2D eigenvalue weighted by molar-refractivity contribution is 8.23. The van der Waals surface area contributed by atoms with E-state index in [2.05, 4.69) is 6.07 Å². The lowest BCUT2D eigenvalue weighted by Crippen LogP contribution is -2.19. The van der Waals surface area contributed by atoms with E-state index in [0.29, 0.717) is 10.6 Å². The highest BCUT2D eigenvalue weighted by Gasteiger charge is 2.31. The molecule has 0 saturated carbocycles. The van der Waals surface area contributed by atoms with Gasteiger partial charge >= 0.3 is 5.97 Å². The number of hydrogen-bond acceptors (Lipinski definition) is 6. The molecule has 2 aromatic carbocycles. The smallest absolute Gasteiger partial charge is 0.303 e. The predicted molar refractivity (Wildman–Crippen MR) is 120 cm³/mol. The molecule has 0 bridgehead atoms. The van der Waals surface area contributed by atoms with Gasteiger partial charge in [-0.2, -0.15) is 13.7 Å². The minimum Gasteiger partial charge on any atom is -0.481 e. The minimum atomic E-state index is -4.32. The van der Waals surface area contributed by atoms with E-state index in [4.69, 9.17) is 17.3 Å². The van der Waals surface area contributed by atoms with Crippen LogP contribution in [0.4, 0.5) is 0 Å². The number of thioether (sulfide) groups is 1. The van der Waals surface area contributed by atoms with Gasteiger partial charge in [0.25, 0.3) is 10.1 Å². The Hall–Kier alpha value is -2.25. The summed E-state index contributed by atoms with van der Waals surface area (Å²) in [6, 6.07) is 17.3. The van der Waals surface area contributed by atoms with Crippen molar-refractivity contribution in [3.8, 4) is 6.07 Å². The molecule has 0 spiro atoms. The maximum absolute atomic E-state index is 11.3. The molecule has 0 fully saturated rings. The van der Waals surface area contributed by atoms with Crippen molar-refractivity contribution in [3.63, 3.8) is 0 Å². The molecule has 6 nitrogen and oxygen atoms in total. The van der Waals surface area contributed by atoms with Gasteiger partial charge in [-0.25, -0.2) is 0 Å². The number of benzene rings is 2. The van der Waals surface area contributed by atoms with Crippen LogP contribution in [0.2, 0.25) is 0 Å². The van der Waals surface area contributed by atoms with Gasteiger partial charge in [0.05, 0.1) is 20.6 Å². The van der Waals surface area contributed by atoms with Gasteiger partial charge < -0.3 is 5.11 Å². The number of carboxylic acids is 1. The van der Waals surface area contributed by atoms with Crippen molar-refractivity contribution < 1.29 is 22.9 Å². The van der Waals surface area contributed by atoms with E-state index in [1.54, 1.807) is 19.1 Å². The molecule has 0 aromatic heterocycles. The SMILES string of the molecule is CC(C#N)(CCC(=O)O)CC(SC(=S)c1ccccc1)c1ccc(S(=O)(=O)O)cc1. The normalized spacial score (nSPS) is 14.3. The van der Waals surface area contributed by atoms with Crippen LogP contribution in [-0.2, 0) is 14.9 Å². The van der Waals surface area contributed by atoms with Crippen molar-refractivity contribution in [2.45, 2.75) is 36.3 Å². The second-order valence-electron chi connectivity index (χ2n) is 7.07. The van der Waals surface area contributed by atoms with Crippen LogP contribution in [0.5, 0.6) is 0 Å². The van der Waals surface area contributed by atoms with Gasteiger partial charge in [0.1, 0.15) is 0 Å². The summed E-state index contributed by atoms with van der Waals surface area (Å²) in [4.78, 5) is 10.8. The first kappa shape index (κ1) is 24.0. The maximum atomic E-state index is 11.3. The predicted octanol–water partition coefficient (Wildman–Crippen LogP) is 4.87. The lowest BCUT2D eigenvalue weighted by Gasteiger charge is -2.27. The largest absolute Gasteiger partial charge is 0.481 e. The molecular formula is C21H21NO5S3. The van der Waals surface area contributed by atoms with E-state index >= 15 is 0 Å². The molecule has 2 rings (SSSR count). The first-order valence-corrected chi connectivity index (χ1v) is 11.7. The summed E-state index contributed by atoms with van der Waals surface area (Å²) in [5.41, 5.74) is 0.660. The Balaban J connectivity index is 2.35. The Bertz CT molecular complexity index is 1050. The van der Waals surface area contributed by atoms with E-state index in [9.17, 15) is 23.0 Å². The van der Waals surface area contributed by atoms with Crippen LogP contribution in [0.3, 0.4) is 0 Å². The lowest BCUT2D eigenvalue weighted by molar-refractivity contribution is -0.137. The van der Waals surface area contributed by atoms with E-state index in [0.717, 1.165) is 11.1 Å². The van der Waals surface area contributed by atoms with Crippen molar-refractivity contribution >= 4 is 44.3 Å². The first-order valence-electron chi connectivity index (χ1n) is 9.00. The van der Waals surface area contributed by atoms with Crippen molar-refractivity contribution in [2.75, 3.05) is 0 Å². The number of nitrogens with zero attached hydrogens (tertiary/aromatic N) is 1. The van der Waals surface area contributed by atoms with Gasteiger partial charge in [0.2, 0.25) is 0 Å². The van der Waals surface area contributed by atoms with Crippen molar-refractivity contribution in [1.82, 2.24) is 0 Å². The van der Waals surface area contributed by atoms with Gasteiger partial charge in [-0.1, -0.05) is 54.7 Å². The molecule has 0 aliphatic rings. The van der Waals surface area contributed by atoms with Crippen molar-refractivity contribution in [2.24, 2.45) is 5.41 Å². The molecule has 9 heteroatoms. The minimum absolute atomic E-state index is 0.133. The summed E-state index contributed by atoms with van der Waals surface area (Å²) in [6.45, 7) is 1.71. The molecule has 0 heterocycles. The number of hydrogen-bond donors (Lipinski definition) is 2. The number of carbonyl (C=O) groups is 1. The Morgan fingerprint density at radius 1 is 1.20 bits per heavy atom. The Morgan fingerprint density at radius 2 is 1.80 bits per heavy atom. The fraction of sp³-hybridized carbons (Fsp3) is 0.286. The topological polar surface area (TPSA) is 115 Å². The van der Waals surface area contributed by atoms with Gasteiger partial charge in [-0.15, -0.1) is 11.8 Å². The quantitative estimate of drug-likeness (QED) is 0.400. The molecule has 30 heavy (non-hydrogen) atoms. The van der Waals surface area contributed by atoms with E-state index in [1.807, 2.05) is 30.3 Å². The molecular weight excluding hydrogens is 442 g/mol. The van der Waals surface area contributed by atoms with E-state index < -0.39 is 21.5 Å². The number of rotatable bonds is 9. The zero-order chi connectivity index (χ0) is 22.4. The van der Waals surface area contributed by atoms with Crippen LogP contribution < -0.4 is 0 Å². The monoisotopic (exact) mass is 463 g/mol. The summed E-state index contributed by atoms with van der Waals surface area (Å²) < 4.78 is 32.5. The molecule has 0 aliphatic carbocycles. The highest BCUT2D eigenvalue weighted by atomic mass is 32.2. The van der Waals surface area contributed by atoms with Crippen LogP contribution in [-0.4, -0.2) is 28.2 Å². The second-order valence-corrected chi connectivity index (χ2v) is 10.4. The Morgan fingerprint density at radius 3 is 2.30 bits per heavy atom. The molecule has 0 amide bonds. The van der Waals surface area contributed by atoms with E-state index in [1.165, 1.54) is 23.9 Å². The Labute approximate surface area is 185 Å². The van der Waals surface area contributed by atoms with Crippen LogP contribution in [0.25, 0.3) is 0 Å². The van der Waals surface area contributed by atoms with Gasteiger partial charge in [0.15, 0.2) is 0 Å². The fourth-order valence-corrected chi connectivity index (χ4v) is 5.09. The highest BCUT2D eigenvalue weighted by Crippen LogP contribution is 2.43. The summed E-state index contributed by atoms with van der Waals surface area (Å²) in [7, 11) is -4.32. The molecule has 2 aromatic rings. The number of carboxylic acid groups (broad SMARTS) is 1. The summed E-state index contributed by atoms with van der Waals surface area (Å²) in [5.74, 6) is -0.974. The first-order chi connectivity index (χ1) is 14.0. The van der Waals surface area contributed by atoms with Crippen molar-refractivity contribution in [3.05, 3.63) is 65.7 Å². The third kappa shape index (κ3) is 6.92. The van der Waals surface area contributed by atoms with Crippen LogP contribution >= 0.6 is 24.0 Å². The molecule has 0 saturated heterocycles. The second kappa shape index (κ2) is 10.2. The average molecular weight is 464 g/mol. The molecule has 0 radical (unpaired) electrons. The third-order valence-corrected chi connectivity index (χ3v) is 7.17. The fourth-order valence-electron chi connectivity index (χ4n) is 2.85. The summed E-state index contributed by atoms with van der Waals surface area (Å²) in [6.07, 6.45) is 0.364. The third-order valence-electron chi connectivity index (χ3n) is 4.61. The average Bonchev–Trinajstić information content (AvgIpc) is 2.72. The zero-order valence-corrected chi connectivity index (χ0v) is 18.6. The molecule has 2 unspecified atom stereocenters. The summed E-state index contributed by atoms with van der Waals surface area (Å²) in [5, 5.41) is 18.4. The number of nitriles is 1. The van der Waals surface area contributed by atoms with Crippen LogP contribution in [0.15, 0.2) is 59.5 Å². The van der Waals surface area contributed by atoms with Gasteiger partial charge in [-0.3, -0.25) is 9.35 Å². The number of aliphatic carboxylic acids is 1. The zero-order valence-electron chi connectivity index (χ0n) is 16.2. The van der Waals surface area contributed by atoms with Crippen LogP contribution in [0, 0.1) is 16.7 Å². The Kier molecular flexibility index (Phi) is 8.15. The van der Waals surface area contributed by atoms with Crippen LogP contribution in [0.1, 0.15) is 42.6 Å². The lowest BCUT2D eigenvalue weighted by atomic mass is 9.81. The van der Waals surface area contributed by atoms with E-state index in [-0.39, 0.29) is 23.0 Å². The van der Waals surface area contributed by atoms with Crippen molar-refractivity contribution in [1.29, 1.82) is 5.26 Å². The molecule has 2 atom stereocenters. The molecule has 158 valence electrons. The standard InChI is InChI=1S/C21H21NO5S3/c1-21(14-22,12-11-19(23)24)13-18(29-20(28)16-5-3-2-4-6-16)15-7-9-17(10-8-15)30(25,26)27/h2-10,18H,11-13H2,1H3,(H,23,24)(H,25,26,27).